The highest BCUT2D eigenvalue weighted by Gasteiger charge is 2.26. The molecular weight excluding hydrogens is 226 g/mol. The molecular formula is C10H11F4NO. The first-order chi connectivity index (χ1) is 7.38. The average molecular weight is 237 g/mol. The Morgan fingerprint density at radius 1 is 1.25 bits per heavy atom. The molecule has 0 heterocycles. The molecule has 1 rings (SSSR count). The van der Waals surface area contributed by atoms with Crippen LogP contribution in [0.5, 0.6) is 0 Å². The van der Waals surface area contributed by atoms with Crippen LogP contribution in [0.4, 0.5) is 23.2 Å². The SMILES string of the molecule is Nc1ccc(F)cc1COCCC(F)(F)F. The average Bonchev–Trinajstić information content (AvgIpc) is 2.16. The van der Waals surface area contributed by atoms with Crippen molar-refractivity contribution in [2.75, 3.05) is 12.3 Å². The molecule has 0 bridgehead atoms. The Balaban J connectivity index is 2.40. The monoisotopic (exact) mass is 237 g/mol. The number of hydrogen-bond acceptors (Lipinski definition) is 2. The van der Waals surface area contributed by atoms with Gasteiger partial charge in [-0.15, -0.1) is 0 Å². The Bertz CT molecular complexity index is 351. The van der Waals surface area contributed by atoms with Crippen LogP contribution >= 0.6 is 0 Å². The molecule has 1 aromatic carbocycles. The second-order valence-corrected chi connectivity index (χ2v) is 3.26. The summed E-state index contributed by atoms with van der Waals surface area (Å²) in [5.41, 5.74) is 6.14. The van der Waals surface area contributed by atoms with Crippen LogP contribution in [0.15, 0.2) is 18.2 Å². The van der Waals surface area contributed by atoms with Crippen molar-refractivity contribution >= 4 is 5.69 Å². The third kappa shape index (κ3) is 4.48. The van der Waals surface area contributed by atoms with Gasteiger partial charge in [-0.05, 0) is 18.2 Å². The van der Waals surface area contributed by atoms with Gasteiger partial charge in [0.2, 0.25) is 0 Å². The lowest BCUT2D eigenvalue weighted by atomic mass is 10.2. The van der Waals surface area contributed by atoms with Crippen molar-refractivity contribution < 1.29 is 22.3 Å². The maximum absolute atomic E-state index is 12.8. The normalized spacial score (nSPS) is 11.8. The Hall–Kier alpha value is -1.30. The van der Waals surface area contributed by atoms with Crippen LogP contribution in [-0.2, 0) is 11.3 Å². The molecule has 0 aliphatic heterocycles. The molecule has 0 radical (unpaired) electrons. The highest BCUT2D eigenvalue weighted by atomic mass is 19.4. The number of halogens is 4. The molecule has 0 aromatic heterocycles. The first kappa shape index (κ1) is 12.8. The molecule has 0 aliphatic rings. The van der Waals surface area contributed by atoms with E-state index in [9.17, 15) is 17.6 Å². The van der Waals surface area contributed by atoms with Crippen LogP contribution in [0.2, 0.25) is 0 Å². The van der Waals surface area contributed by atoms with Crippen molar-refractivity contribution in [3.8, 4) is 0 Å². The number of benzene rings is 1. The fraction of sp³-hybridized carbons (Fsp3) is 0.400. The van der Waals surface area contributed by atoms with Gasteiger partial charge in [-0.1, -0.05) is 0 Å². The minimum atomic E-state index is -4.24. The van der Waals surface area contributed by atoms with Crippen molar-refractivity contribution in [3.05, 3.63) is 29.6 Å². The molecule has 2 nitrogen and oxygen atoms in total. The summed E-state index contributed by atoms with van der Waals surface area (Å²) >= 11 is 0. The zero-order chi connectivity index (χ0) is 12.2. The van der Waals surface area contributed by atoms with Gasteiger partial charge in [0, 0.05) is 11.3 Å². The van der Waals surface area contributed by atoms with Gasteiger partial charge in [-0.3, -0.25) is 0 Å². The molecule has 90 valence electrons. The number of hydrogen-bond donors (Lipinski definition) is 1. The maximum atomic E-state index is 12.8. The molecule has 0 atom stereocenters. The highest BCUT2D eigenvalue weighted by Crippen LogP contribution is 2.20. The van der Waals surface area contributed by atoms with Crippen LogP contribution in [0.1, 0.15) is 12.0 Å². The smallest absolute Gasteiger partial charge is 0.391 e. The van der Waals surface area contributed by atoms with E-state index in [1.807, 2.05) is 0 Å². The van der Waals surface area contributed by atoms with E-state index in [0.29, 0.717) is 11.3 Å². The van der Waals surface area contributed by atoms with E-state index in [-0.39, 0.29) is 6.61 Å². The van der Waals surface area contributed by atoms with Gasteiger partial charge in [0.15, 0.2) is 0 Å². The summed E-state index contributed by atoms with van der Waals surface area (Å²) in [5.74, 6) is -0.497. The molecule has 0 aliphatic carbocycles. The van der Waals surface area contributed by atoms with E-state index in [1.165, 1.54) is 12.1 Å². The first-order valence-corrected chi connectivity index (χ1v) is 4.57. The second kappa shape index (κ2) is 5.16. The lowest BCUT2D eigenvalue weighted by Gasteiger charge is -2.08. The van der Waals surface area contributed by atoms with E-state index >= 15 is 0 Å². The number of rotatable bonds is 4. The first-order valence-electron chi connectivity index (χ1n) is 4.57. The molecule has 0 amide bonds. The van der Waals surface area contributed by atoms with Gasteiger partial charge in [-0.25, -0.2) is 4.39 Å². The van der Waals surface area contributed by atoms with Crippen molar-refractivity contribution in [3.63, 3.8) is 0 Å². The third-order valence-electron chi connectivity index (χ3n) is 1.89. The topological polar surface area (TPSA) is 35.2 Å². The Labute approximate surface area is 90.0 Å². The predicted octanol–water partition coefficient (Wildman–Crippen LogP) is 2.88. The molecule has 16 heavy (non-hydrogen) atoms. The Morgan fingerprint density at radius 3 is 2.56 bits per heavy atom. The fourth-order valence-electron chi connectivity index (χ4n) is 1.07. The minimum Gasteiger partial charge on any atom is -0.398 e. The van der Waals surface area contributed by atoms with Gasteiger partial charge in [0.25, 0.3) is 0 Å². The van der Waals surface area contributed by atoms with Gasteiger partial charge >= 0.3 is 6.18 Å². The quantitative estimate of drug-likeness (QED) is 0.496. The third-order valence-corrected chi connectivity index (χ3v) is 1.89. The van der Waals surface area contributed by atoms with E-state index in [4.69, 9.17) is 10.5 Å². The van der Waals surface area contributed by atoms with Crippen LogP contribution in [0, 0.1) is 5.82 Å². The molecule has 1 aromatic rings. The fourth-order valence-corrected chi connectivity index (χ4v) is 1.07. The summed E-state index contributed by atoms with van der Waals surface area (Å²) < 4.78 is 52.8. The molecule has 0 saturated heterocycles. The van der Waals surface area contributed by atoms with Gasteiger partial charge in [0.05, 0.1) is 19.6 Å². The lowest BCUT2D eigenvalue weighted by molar-refractivity contribution is -0.146. The van der Waals surface area contributed by atoms with Crippen molar-refractivity contribution in [1.29, 1.82) is 0 Å². The van der Waals surface area contributed by atoms with E-state index in [1.54, 1.807) is 0 Å². The number of alkyl halides is 3. The largest absolute Gasteiger partial charge is 0.398 e. The maximum Gasteiger partial charge on any atom is 0.391 e. The van der Waals surface area contributed by atoms with Gasteiger partial charge in [-0.2, -0.15) is 13.2 Å². The summed E-state index contributed by atoms with van der Waals surface area (Å²) in [6.45, 7) is -0.584. The van der Waals surface area contributed by atoms with Crippen molar-refractivity contribution in [2.24, 2.45) is 0 Å². The van der Waals surface area contributed by atoms with Crippen molar-refractivity contribution in [1.82, 2.24) is 0 Å². The highest BCUT2D eigenvalue weighted by molar-refractivity contribution is 5.46. The summed E-state index contributed by atoms with van der Waals surface area (Å²) in [5, 5.41) is 0. The summed E-state index contributed by atoms with van der Waals surface area (Å²) in [7, 11) is 0. The Kier molecular flexibility index (Phi) is 4.12. The molecule has 2 N–H and O–H groups in total. The molecule has 6 heteroatoms. The van der Waals surface area contributed by atoms with E-state index in [0.717, 1.165) is 6.07 Å². The van der Waals surface area contributed by atoms with Crippen LogP contribution in [0.25, 0.3) is 0 Å². The molecule has 0 fully saturated rings. The minimum absolute atomic E-state index is 0.125. The standard InChI is InChI=1S/C10H11F4NO/c11-8-1-2-9(15)7(5-8)6-16-4-3-10(12,13)14/h1-2,5H,3-4,6,15H2. The number of nitrogens with two attached hydrogens (primary N) is 1. The van der Waals surface area contributed by atoms with E-state index in [2.05, 4.69) is 0 Å². The molecule has 0 saturated carbocycles. The lowest BCUT2D eigenvalue weighted by Crippen LogP contribution is -2.11. The molecule has 0 unspecified atom stereocenters. The zero-order valence-corrected chi connectivity index (χ0v) is 8.35. The summed E-state index contributed by atoms with van der Waals surface area (Å²) in [6, 6.07) is 3.66. The second-order valence-electron chi connectivity index (χ2n) is 3.26. The number of nitrogen functional groups attached to an aromatic ring is 1. The predicted molar refractivity (Wildman–Crippen MR) is 51.1 cm³/mol. The van der Waals surface area contributed by atoms with E-state index < -0.39 is 25.0 Å². The van der Waals surface area contributed by atoms with Crippen LogP contribution in [-0.4, -0.2) is 12.8 Å². The van der Waals surface area contributed by atoms with Crippen LogP contribution < -0.4 is 5.73 Å². The van der Waals surface area contributed by atoms with Crippen molar-refractivity contribution in [2.45, 2.75) is 19.2 Å². The number of ether oxygens (including phenoxy) is 1. The Morgan fingerprint density at radius 2 is 1.94 bits per heavy atom. The van der Waals surface area contributed by atoms with Gasteiger partial charge in [0.1, 0.15) is 5.82 Å². The summed E-state index contributed by atoms with van der Waals surface area (Å²) in [4.78, 5) is 0. The summed E-state index contributed by atoms with van der Waals surface area (Å²) in [6.07, 6.45) is -5.27. The zero-order valence-electron chi connectivity index (χ0n) is 8.35. The number of anilines is 1. The van der Waals surface area contributed by atoms with Gasteiger partial charge < -0.3 is 10.5 Å². The van der Waals surface area contributed by atoms with Crippen LogP contribution in [0.3, 0.4) is 0 Å². The molecule has 0 spiro atoms.